The zero-order valence-corrected chi connectivity index (χ0v) is 13.1. The van der Waals surface area contributed by atoms with E-state index in [-0.39, 0.29) is 17.8 Å². The van der Waals surface area contributed by atoms with E-state index in [2.05, 4.69) is 4.98 Å². The minimum Gasteiger partial charge on any atom is -0.370 e. The molecule has 1 saturated heterocycles. The number of nitrogens with zero attached hydrogens (tertiary/aromatic N) is 2. The molecule has 2 heterocycles. The Morgan fingerprint density at radius 2 is 2.23 bits per heavy atom. The van der Waals surface area contributed by atoms with E-state index in [1.54, 1.807) is 28.4 Å². The fraction of sp³-hybridized carbons (Fsp3) is 0.375. The molecule has 1 aliphatic heterocycles. The van der Waals surface area contributed by atoms with Gasteiger partial charge in [-0.1, -0.05) is 12.1 Å². The summed E-state index contributed by atoms with van der Waals surface area (Å²) in [6, 6.07) is 6.24. The first-order valence-corrected chi connectivity index (χ1v) is 8.05. The third kappa shape index (κ3) is 3.51. The number of carbonyl (C=O) groups excluding carboxylic acids is 1. The number of benzene rings is 1. The molecule has 1 atom stereocenters. The van der Waals surface area contributed by atoms with Crippen LogP contribution >= 0.6 is 11.3 Å². The second-order valence-electron chi connectivity index (χ2n) is 5.29. The largest absolute Gasteiger partial charge is 0.370 e. The molecule has 0 saturated carbocycles. The van der Waals surface area contributed by atoms with Crippen molar-refractivity contribution in [3.05, 3.63) is 51.7 Å². The molecule has 4 nitrogen and oxygen atoms in total. The highest BCUT2D eigenvalue weighted by Crippen LogP contribution is 2.23. The van der Waals surface area contributed by atoms with Gasteiger partial charge in [0.1, 0.15) is 11.9 Å². The molecule has 22 heavy (non-hydrogen) atoms. The average molecular weight is 320 g/mol. The normalized spacial score (nSPS) is 18.5. The maximum absolute atomic E-state index is 13.0. The summed E-state index contributed by atoms with van der Waals surface area (Å²) in [7, 11) is 0. The number of ether oxygens (including phenoxy) is 1. The van der Waals surface area contributed by atoms with Crippen molar-refractivity contribution in [1.82, 2.24) is 9.88 Å². The summed E-state index contributed by atoms with van der Waals surface area (Å²) in [6.07, 6.45) is 0.121. The Bertz CT molecular complexity index is 656. The third-order valence-electron chi connectivity index (χ3n) is 3.66. The summed E-state index contributed by atoms with van der Waals surface area (Å²) in [5.41, 5.74) is 1.71. The number of morpholine rings is 1. The van der Waals surface area contributed by atoms with Crippen LogP contribution in [0.1, 0.15) is 22.4 Å². The standard InChI is InChI=1S/C16H17FN2O2S/c1-11-18-14(10-22-11)8-16(20)19-6-7-21-15(9-19)12-2-4-13(17)5-3-12/h2-5,10,15H,6-9H2,1H3/t15-/m1/s1. The Balaban J connectivity index is 1.64. The van der Waals surface area contributed by atoms with E-state index in [4.69, 9.17) is 4.74 Å². The van der Waals surface area contributed by atoms with Crippen molar-refractivity contribution in [2.45, 2.75) is 19.4 Å². The highest BCUT2D eigenvalue weighted by atomic mass is 32.1. The van der Waals surface area contributed by atoms with Gasteiger partial charge in [0.15, 0.2) is 0 Å². The van der Waals surface area contributed by atoms with E-state index >= 15 is 0 Å². The van der Waals surface area contributed by atoms with Crippen molar-refractivity contribution >= 4 is 17.2 Å². The van der Waals surface area contributed by atoms with Crippen LogP contribution in [0.3, 0.4) is 0 Å². The molecule has 2 aromatic rings. The van der Waals surface area contributed by atoms with Crippen LogP contribution in [0.25, 0.3) is 0 Å². The summed E-state index contributed by atoms with van der Waals surface area (Å²) in [4.78, 5) is 18.5. The number of thiazole rings is 1. The zero-order chi connectivity index (χ0) is 15.5. The fourth-order valence-corrected chi connectivity index (χ4v) is 3.12. The number of amides is 1. The molecule has 0 N–H and O–H groups in total. The lowest BCUT2D eigenvalue weighted by molar-refractivity contribution is -0.138. The van der Waals surface area contributed by atoms with Crippen molar-refractivity contribution in [3.8, 4) is 0 Å². The molecule has 6 heteroatoms. The molecule has 116 valence electrons. The summed E-state index contributed by atoms with van der Waals surface area (Å²) < 4.78 is 18.7. The minimum atomic E-state index is -0.272. The lowest BCUT2D eigenvalue weighted by atomic mass is 10.1. The van der Waals surface area contributed by atoms with Crippen molar-refractivity contribution < 1.29 is 13.9 Å². The van der Waals surface area contributed by atoms with Crippen LogP contribution in [0.5, 0.6) is 0 Å². The summed E-state index contributed by atoms with van der Waals surface area (Å²) in [5, 5.41) is 2.89. The number of aryl methyl sites for hydroxylation is 1. The monoisotopic (exact) mass is 320 g/mol. The highest BCUT2D eigenvalue weighted by Gasteiger charge is 2.25. The highest BCUT2D eigenvalue weighted by molar-refractivity contribution is 7.09. The first kappa shape index (κ1) is 15.1. The molecular weight excluding hydrogens is 303 g/mol. The van der Waals surface area contributed by atoms with Gasteiger partial charge >= 0.3 is 0 Å². The van der Waals surface area contributed by atoms with Gasteiger partial charge in [-0.3, -0.25) is 4.79 Å². The van der Waals surface area contributed by atoms with Gasteiger partial charge in [0, 0.05) is 11.9 Å². The summed E-state index contributed by atoms with van der Waals surface area (Å²) >= 11 is 1.55. The SMILES string of the molecule is Cc1nc(CC(=O)N2CCO[C@@H](c3ccc(F)cc3)C2)cs1. The molecule has 1 aliphatic rings. The van der Waals surface area contributed by atoms with Gasteiger partial charge in [0.25, 0.3) is 0 Å². The first-order chi connectivity index (χ1) is 10.6. The number of hydrogen-bond donors (Lipinski definition) is 0. The molecule has 0 spiro atoms. The molecule has 0 unspecified atom stereocenters. The molecule has 1 amide bonds. The first-order valence-electron chi connectivity index (χ1n) is 7.17. The van der Waals surface area contributed by atoms with Gasteiger partial charge in [-0.05, 0) is 24.6 Å². The zero-order valence-electron chi connectivity index (χ0n) is 12.3. The van der Waals surface area contributed by atoms with Gasteiger partial charge in [-0.15, -0.1) is 11.3 Å². The van der Waals surface area contributed by atoms with E-state index in [0.29, 0.717) is 26.1 Å². The molecule has 0 aliphatic carbocycles. The van der Waals surface area contributed by atoms with Crippen molar-refractivity contribution in [2.24, 2.45) is 0 Å². The number of carbonyl (C=O) groups is 1. The van der Waals surface area contributed by atoms with Crippen LogP contribution in [-0.2, 0) is 16.0 Å². The minimum absolute atomic E-state index is 0.0562. The van der Waals surface area contributed by atoms with Crippen LogP contribution < -0.4 is 0 Å². The molecule has 0 bridgehead atoms. The average Bonchev–Trinajstić information content (AvgIpc) is 2.93. The smallest absolute Gasteiger partial charge is 0.228 e. The second kappa shape index (κ2) is 6.54. The van der Waals surface area contributed by atoms with Crippen molar-refractivity contribution in [3.63, 3.8) is 0 Å². The van der Waals surface area contributed by atoms with Crippen LogP contribution in [0, 0.1) is 12.7 Å². The van der Waals surface area contributed by atoms with Crippen LogP contribution in [0.2, 0.25) is 0 Å². The van der Waals surface area contributed by atoms with Gasteiger partial charge < -0.3 is 9.64 Å². The van der Waals surface area contributed by atoms with E-state index in [1.807, 2.05) is 12.3 Å². The number of hydrogen-bond acceptors (Lipinski definition) is 4. The fourth-order valence-electron chi connectivity index (χ4n) is 2.51. The molecule has 0 radical (unpaired) electrons. The Morgan fingerprint density at radius 1 is 1.45 bits per heavy atom. The quantitative estimate of drug-likeness (QED) is 0.873. The molecule has 1 aromatic heterocycles. The number of aromatic nitrogens is 1. The molecular formula is C16H17FN2O2S. The lowest BCUT2D eigenvalue weighted by Crippen LogP contribution is -2.43. The third-order valence-corrected chi connectivity index (χ3v) is 4.48. The molecule has 1 fully saturated rings. The Labute approximate surface area is 132 Å². The topological polar surface area (TPSA) is 42.4 Å². The van der Waals surface area contributed by atoms with Gasteiger partial charge in [-0.25, -0.2) is 9.37 Å². The van der Waals surface area contributed by atoms with Crippen molar-refractivity contribution in [2.75, 3.05) is 19.7 Å². The predicted octanol–water partition coefficient (Wildman–Crippen LogP) is 2.73. The second-order valence-corrected chi connectivity index (χ2v) is 6.35. The lowest BCUT2D eigenvalue weighted by Gasteiger charge is -2.33. The van der Waals surface area contributed by atoms with E-state index < -0.39 is 0 Å². The molecule has 1 aromatic carbocycles. The van der Waals surface area contributed by atoms with Crippen LogP contribution in [0.15, 0.2) is 29.6 Å². The molecule has 3 rings (SSSR count). The van der Waals surface area contributed by atoms with Gasteiger partial charge in [-0.2, -0.15) is 0 Å². The maximum atomic E-state index is 13.0. The van der Waals surface area contributed by atoms with E-state index in [1.165, 1.54) is 12.1 Å². The van der Waals surface area contributed by atoms with Crippen molar-refractivity contribution in [1.29, 1.82) is 0 Å². The van der Waals surface area contributed by atoms with Crippen LogP contribution in [-0.4, -0.2) is 35.5 Å². The summed E-state index contributed by atoms with van der Waals surface area (Å²) in [6.45, 7) is 3.50. The summed E-state index contributed by atoms with van der Waals surface area (Å²) in [5.74, 6) is -0.216. The Kier molecular flexibility index (Phi) is 4.49. The Morgan fingerprint density at radius 3 is 2.91 bits per heavy atom. The maximum Gasteiger partial charge on any atom is 0.228 e. The Hall–Kier alpha value is -1.79. The van der Waals surface area contributed by atoms with Gasteiger partial charge in [0.2, 0.25) is 5.91 Å². The van der Waals surface area contributed by atoms with Gasteiger partial charge in [0.05, 0.1) is 30.3 Å². The number of rotatable bonds is 3. The number of halogens is 1. The predicted molar refractivity (Wildman–Crippen MR) is 82.2 cm³/mol. The van der Waals surface area contributed by atoms with E-state index in [0.717, 1.165) is 16.3 Å². The van der Waals surface area contributed by atoms with E-state index in [9.17, 15) is 9.18 Å². The van der Waals surface area contributed by atoms with Crippen LogP contribution in [0.4, 0.5) is 4.39 Å².